The zero-order chi connectivity index (χ0) is 18.5. The van der Waals surface area contributed by atoms with Crippen molar-refractivity contribution in [1.29, 1.82) is 0 Å². The van der Waals surface area contributed by atoms with Gasteiger partial charge in [-0.25, -0.2) is 9.97 Å². The number of nitrogens with zero attached hydrogens (tertiary/aromatic N) is 3. The van der Waals surface area contributed by atoms with Gasteiger partial charge in [0, 0.05) is 25.5 Å². The lowest BCUT2D eigenvalue weighted by Gasteiger charge is -2.17. The molecule has 0 aliphatic rings. The minimum Gasteiger partial charge on any atom is -0.336 e. The molecule has 0 spiro atoms. The molecular weight excluding hydrogens is 371 g/mol. The molecule has 132 valence electrons. The monoisotopic (exact) mass is 386 g/mol. The number of amides is 1. The Bertz CT molecular complexity index is 918. The van der Waals surface area contributed by atoms with Crippen molar-refractivity contribution in [3.05, 3.63) is 82.1 Å². The summed E-state index contributed by atoms with van der Waals surface area (Å²) in [5, 5.41) is 3.91. The van der Waals surface area contributed by atoms with Crippen LogP contribution in [-0.4, -0.2) is 27.8 Å². The molecule has 26 heavy (non-hydrogen) atoms. The third-order valence-electron chi connectivity index (χ3n) is 3.66. The number of anilines is 2. The molecule has 1 aromatic heterocycles. The van der Waals surface area contributed by atoms with Crippen molar-refractivity contribution < 1.29 is 4.79 Å². The topological polar surface area (TPSA) is 58.1 Å². The number of benzene rings is 2. The van der Waals surface area contributed by atoms with Gasteiger partial charge >= 0.3 is 0 Å². The van der Waals surface area contributed by atoms with Crippen LogP contribution < -0.4 is 5.32 Å². The van der Waals surface area contributed by atoms with E-state index >= 15 is 0 Å². The Labute approximate surface area is 161 Å². The number of hydrogen-bond acceptors (Lipinski definition) is 4. The van der Waals surface area contributed by atoms with E-state index in [0.29, 0.717) is 33.9 Å². The first-order chi connectivity index (χ1) is 12.5. The van der Waals surface area contributed by atoms with Crippen molar-refractivity contribution in [3.8, 4) is 0 Å². The lowest BCUT2D eigenvalue weighted by molar-refractivity contribution is 0.0779. The van der Waals surface area contributed by atoms with Gasteiger partial charge < -0.3 is 10.2 Å². The highest BCUT2D eigenvalue weighted by Gasteiger charge is 2.14. The minimum atomic E-state index is -0.187. The Hall–Kier alpha value is -2.63. The van der Waals surface area contributed by atoms with Crippen molar-refractivity contribution in [3.63, 3.8) is 0 Å². The number of nitrogens with one attached hydrogen (secondary N) is 1. The first-order valence-electron chi connectivity index (χ1n) is 7.87. The van der Waals surface area contributed by atoms with E-state index in [4.69, 9.17) is 23.2 Å². The number of carbonyl (C=O) groups is 1. The summed E-state index contributed by atoms with van der Waals surface area (Å²) in [7, 11) is 1.74. The normalized spacial score (nSPS) is 10.4. The van der Waals surface area contributed by atoms with Gasteiger partial charge in [-0.05, 0) is 29.8 Å². The number of halogens is 2. The van der Waals surface area contributed by atoms with Crippen LogP contribution in [0.3, 0.4) is 0 Å². The van der Waals surface area contributed by atoms with Crippen LogP contribution in [0.15, 0.2) is 60.8 Å². The Balaban J connectivity index is 1.73. The van der Waals surface area contributed by atoms with Gasteiger partial charge in [0.15, 0.2) is 0 Å². The van der Waals surface area contributed by atoms with E-state index in [2.05, 4.69) is 15.3 Å². The van der Waals surface area contributed by atoms with Crippen LogP contribution in [0, 0.1) is 0 Å². The molecule has 0 saturated carbocycles. The standard InChI is InChI=1S/C19H16Cl2N4O/c1-25(12-13-5-3-2-4-6-13)18(26)17-9-10-22-19(24-17)23-14-7-8-15(20)16(21)11-14/h2-11H,12H2,1H3,(H,22,23,24). The predicted octanol–water partition coefficient (Wildman–Crippen LogP) is 4.80. The fourth-order valence-electron chi connectivity index (χ4n) is 2.37. The molecule has 0 aliphatic heterocycles. The molecule has 0 atom stereocenters. The van der Waals surface area contributed by atoms with E-state index in [1.54, 1.807) is 36.2 Å². The van der Waals surface area contributed by atoms with E-state index in [9.17, 15) is 4.79 Å². The van der Waals surface area contributed by atoms with Gasteiger partial charge in [-0.3, -0.25) is 4.79 Å². The van der Waals surface area contributed by atoms with Crippen LogP contribution in [0.25, 0.3) is 0 Å². The van der Waals surface area contributed by atoms with E-state index in [-0.39, 0.29) is 5.91 Å². The van der Waals surface area contributed by atoms with Crippen LogP contribution >= 0.6 is 23.2 Å². The van der Waals surface area contributed by atoms with E-state index in [1.165, 1.54) is 6.20 Å². The Morgan fingerprint density at radius 2 is 1.85 bits per heavy atom. The third-order valence-corrected chi connectivity index (χ3v) is 4.40. The van der Waals surface area contributed by atoms with Crippen LogP contribution in [0.5, 0.6) is 0 Å². The molecule has 0 radical (unpaired) electrons. The average molecular weight is 387 g/mol. The smallest absolute Gasteiger partial charge is 0.272 e. The molecule has 1 amide bonds. The predicted molar refractivity (Wildman–Crippen MR) is 104 cm³/mol. The van der Waals surface area contributed by atoms with Crippen LogP contribution in [-0.2, 0) is 6.54 Å². The molecule has 3 aromatic rings. The van der Waals surface area contributed by atoms with Gasteiger partial charge in [-0.1, -0.05) is 53.5 Å². The summed E-state index contributed by atoms with van der Waals surface area (Å²) >= 11 is 11.9. The fraction of sp³-hybridized carbons (Fsp3) is 0.105. The fourth-order valence-corrected chi connectivity index (χ4v) is 2.66. The summed E-state index contributed by atoms with van der Waals surface area (Å²) in [6.07, 6.45) is 1.54. The molecule has 7 heteroatoms. The second-order valence-corrected chi connectivity index (χ2v) is 6.48. The number of hydrogen-bond donors (Lipinski definition) is 1. The molecule has 0 aliphatic carbocycles. The largest absolute Gasteiger partial charge is 0.336 e. The Morgan fingerprint density at radius 1 is 1.08 bits per heavy atom. The van der Waals surface area contributed by atoms with Crippen LogP contribution in [0.1, 0.15) is 16.1 Å². The lowest BCUT2D eigenvalue weighted by atomic mass is 10.2. The molecule has 0 fully saturated rings. The summed E-state index contributed by atoms with van der Waals surface area (Å²) in [6.45, 7) is 0.499. The van der Waals surface area contributed by atoms with E-state index in [1.807, 2.05) is 30.3 Å². The molecule has 1 N–H and O–H groups in total. The highest BCUT2D eigenvalue weighted by Crippen LogP contribution is 2.26. The summed E-state index contributed by atoms with van der Waals surface area (Å²) in [5.74, 6) is 0.121. The average Bonchev–Trinajstić information content (AvgIpc) is 2.65. The molecule has 0 saturated heterocycles. The van der Waals surface area contributed by atoms with E-state index in [0.717, 1.165) is 5.56 Å². The van der Waals surface area contributed by atoms with Crippen LogP contribution in [0.4, 0.5) is 11.6 Å². The summed E-state index contributed by atoms with van der Waals surface area (Å²) in [6, 6.07) is 16.5. The van der Waals surface area contributed by atoms with Crippen molar-refractivity contribution in [2.75, 3.05) is 12.4 Å². The maximum atomic E-state index is 12.6. The zero-order valence-corrected chi connectivity index (χ0v) is 15.5. The molecule has 5 nitrogen and oxygen atoms in total. The first-order valence-corrected chi connectivity index (χ1v) is 8.63. The van der Waals surface area contributed by atoms with Crippen molar-refractivity contribution in [2.45, 2.75) is 6.54 Å². The molecule has 2 aromatic carbocycles. The maximum Gasteiger partial charge on any atom is 0.272 e. The Morgan fingerprint density at radius 3 is 2.58 bits per heavy atom. The third kappa shape index (κ3) is 4.50. The van der Waals surface area contributed by atoms with Gasteiger partial charge in [0.25, 0.3) is 5.91 Å². The summed E-state index contributed by atoms with van der Waals surface area (Å²) in [4.78, 5) is 22.7. The molecule has 1 heterocycles. The van der Waals surface area contributed by atoms with Crippen LogP contribution in [0.2, 0.25) is 10.0 Å². The molecule has 3 rings (SSSR count). The second kappa shape index (κ2) is 8.17. The SMILES string of the molecule is CN(Cc1ccccc1)C(=O)c1ccnc(Nc2ccc(Cl)c(Cl)c2)n1. The quantitative estimate of drug-likeness (QED) is 0.683. The summed E-state index contributed by atoms with van der Waals surface area (Å²) < 4.78 is 0. The highest BCUT2D eigenvalue weighted by molar-refractivity contribution is 6.42. The van der Waals surface area contributed by atoms with Crippen molar-refractivity contribution in [2.24, 2.45) is 0 Å². The van der Waals surface area contributed by atoms with Gasteiger partial charge in [0.2, 0.25) is 5.95 Å². The molecular formula is C19H16Cl2N4O. The zero-order valence-electron chi connectivity index (χ0n) is 14.0. The Kier molecular flexibility index (Phi) is 5.71. The number of rotatable bonds is 5. The van der Waals surface area contributed by atoms with Gasteiger partial charge in [-0.15, -0.1) is 0 Å². The summed E-state index contributed by atoms with van der Waals surface area (Å²) in [5.41, 5.74) is 2.04. The van der Waals surface area contributed by atoms with Crippen molar-refractivity contribution in [1.82, 2.24) is 14.9 Å². The highest BCUT2D eigenvalue weighted by atomic mass is 35.5. The first kappa shape index (κ1) is 18.2. The lowest BCUT2D eigenvalue weighted by Crippen LogP contribution is -2.27. The second-order valence-electron chi connectivity index (χ2n) is 5.67. The van der Waals surface area contributed by atoms with Gasteiger partial charge in [-0.2, -0.15) is 0 Å². The number of aromatic nitrogens is 2. The molecule has 0 unspecified atom stereocenters. The maximum absolute atomic E-state index is 12.6. The van der Waals surface area contributed by atoms with Gasteiger partial charge in [0.05, 0.1) is 10.0 Å². The number of carbonyl (C=O) groups excluding carboxylic acids is 1. The van der Waals surface area contributed by atoms with Gasteiger partial charge in [0.1, 0.15) is 5.69 Å². The molecule has 0 bridgehead atoms. The van der Waals surface area contributed by atoms with Crippen molar-refractivity contribution >= 4 is 40.7 Å². The minimum absolute atomic E-state index is 0.187. The van der Waals surface area contributed by atoms with E-state index < -0.39 is 0 Å².